The molecule has 1 N–H and O–H groups in total. The highest BCUT2D eigenvalue weighted by Gasteiger charge is 2.24. The average Bonchev–Trinajstić information content (AvgIpc) is 2.91. The van der Waals surface area contributed by atoms with Gasteiger partial charge in [0.2, 0.25) is 0 Å². The number of phenols is 1. The van der Waals surface area contributed by atoms with Gasteiger partial charge in [-0.25, -0.2) is 0 Å². The number of nitro benzene ring substituents is 1. The molecule has 0 bridgehead atoms. The highest BCUT2D eigenvalue weighted by molar-refractivity contribution is 6.00. The van der Waals surface area contributed by atoms with Crippen LogP contribution in [-0.2, 0) is 0 Å². The summed E-state index contributed by atoms with van der Waals surface area (Å²) in [5.74, 6) is -0.964. The topological polar surface area (TPSA) is 94.6 Å². The number of hydrogen-bond acceptors (Lipinski definition) is 5. The Morgan fingerprint density at radius 1 is 1.37 bits per heavy atom. The summed E-state index contributed by atoms with van der Waals surface area (Å²) in [5.41, 5.74) is -0.632. The van der Waals surface area contributed by atoms with Crippen molar-refractivity contribution in [2.75, 3.05) is 7.11 Å². The van der Waals surface area contributed by atoms with Crippen LogP contribution in [0.4, 0.5) is 5.69 Å². The van der Waals surface area contributed by atoms with E-state index in [0.29, 0.717) is 0 Å². The van der Waals surface area contributed by atoms with Crippen LogP contribution in [0.1, 0.15) is 10.4 Å². The van der Waals surface area contributed by atoms with Crippen molar-refractivity contribution in [1.29, 1.82) is 0 Å². The summed E-state index contributed by atoms with van der Waals surface area (Å²) in [6, 6.07) is 5.30. The van der Waals surface area contributed by atoms with Crippen LogP contribution >= 0.6 is 0 Å². The molecule has 98 valence electrons. The molecule has 0 amide bonds. The lowest BCUT2D eigenvalue weighted by molar-refractivity contribution is -0.385. The zero-order valence-electron chi connectivity index (χ0n) is 9.94. The Morgan fingerprint density at radius 2 is 2.00 bits per heavy atom. The van der Waals surface area contributed by atoms with Crippen molar-refractivity contribution in [3.8, 4) is 11.5 Å². The number of hydrogen-bond donors (Lipinski definition) is 1. The normalized spacial score (nSPS) is 10.2. The number of rotatable bonds is 3. The van der Waals surface area contributed by atoms with Gasteiger partial charge in [0.15, 0.2) is 11.5 Å². The number of carbonyl (C=O) groups excluding carboxylic acids is 1. The van der Waals surface area contributed by atoms with E-state index in [9.17, 15) is 20.0 Å². The second-order valence-electron chi connectivity index (χ2n) is 3.69. The molecule has 0 aliphatic carbocycles. The largest absolute Gasteiger partial charge is 0.504 e. The molecule has 0 unspecified atom stereocenters. The van der Waals surface area contributed by atoms with E-state index >= 15 is 0 Å². The van der Waals surface area contributed by atoms with Crippen LogP contribution in [-0.4, -0.2) is 27.6 Å². The number of phenolic OH excluding ortho intramolecular Hbond substituents is 1. The molecule has 1 aromatic heterocycles. The summed E-state index contributed by atoms with van der Waals surface area (Å²) in [4.78, 5) is 22.3. The van der Waals surface area contributed by atoms with E-state index in [1.54, 1.807) is 12.1 Å². The van der Waals surface area contributed by atoms with Crippen LogP contribution in [0.2, 0.25) is 0 Å². The molecular weight excluding hydrogens is 252 g/mol. The molecule has 2 rings (SSSR count). The standard InChI is InChI=1S/C12H10N2O5/c1-19-11-6-8(9(14(17)18)7-10(11)15)12(16)13-4-2-3-5-13/h2-7,15H,1H3. The van der Waals surface area contributed by atoms with Crippen molar-refractivity contribution in [3.05, 3.63) is 52.3 Å². The van der Waals surface area contributed by atoms with E-state index in [2.05, 4.69) is 0 Å². The number of benzene rings is 1. The fourth-order valence-corrected chi connectivity index (χ4v) is 1.65. The van der Waals surface area contributed by atoms with Gasteiger partial charge in [0, 0.05) is 18.5 Å². The Labute approximate surface area is 107 Å². The van der Waals surface area contributed by atoms with Crippen LogP contribution in [0, 0.1) is 10.1 Å². The van der Waals surface area contributed by atoms with Crippen LogP contribution < -0.4 is 4.74 Å². The van der Waals surface area contributed by atoms with E-state index in [0.717, 1.165) is 12.1 Å². The summed E-state index contributed by atoms with van der Waals surface area (Å²) in [5, 5.41) is 20.5. The number of aromatic nitrogens is 1. The monoisotopic (exact) mass is 262 g/mol. The molecule has 0 atom stereocenters. The minimum absolute atomic E-state index is 0.00102. The van der Waals surface area contributed by atoms with Gasteiger partial charge in [0.05, 0.1) is 18.1 Å². The third-order valence-electron chi connectivity index (χ3n) is 2.56. The van der Waals surface area contributed by atoms with E-state index in [1.807, 2.05) is 0 Å². The maximum absolute atomic E-state index is 12.1. The minimum atomic E-state index is -0.726. The van der Waals surface area contributed by atoms with Gasteiger partial charge >= 0.3 is 0 Å². The van der Waals surface area contributed by atoms with Crippen molar-refractivity contribution in [2.45, 2.75) is 0 Å². The van der Waals surface area contributed by atoms with Crippen molar-refractivity contribution in [1.82, 2.24) is 4.57 Å². The molecule has 1 heterocycles. The van der Waals surface area contributed by atoms with Gasteiger partial charge in [0.1, 0.15) is 5.56 Å². The summed E-state index contributed by atoms with van der Waals surface area (Å²) >= 11 is 0. The van der Waals surface area contributed by atoms with Gasteiger partial charge < -0.3 is 9.84 Å². The summed E-state index contributed by atoms with van der Waals surface area (Å²) < 4.78 is 6.06. The first-order valence-corrected chi connectivity index (χ1v) is 5.27. The minimum Gasteiger partial charge on any atom is -0.504 e. The molecule has 0 spiro atoms. The molecule has 0 aliphatic rings. The van der Waals surface area contributed by atoms with Crippen molar-refractivity contribution in [2.24, 2.45) is 0 Å². The van der Waals surface area contributed by atoms with Crippen molar-refractivity contribution in [3.63, 3.8) is 0 Å². The molecule has 1 aromatic carbocycles. The van der Waals surface area contributed by atoms with Gasteiger partial charge in [-0.05, 0) is 12.1 Å². The van der Waals surface area contributed by atoms with Crippen LogP contribution in [0.25, 0.3) is 0 Å². The van der Waals surface area contributed by atoms with E-state index in [-0.39, 0.29) is 11.3 Å². The quantitative estimate of drug-likeness (QED) is 0.672. The molecule has 0 radical (unpaired) electrons. The number of methoxy groups -OCH3 is 1. The van der Waals surface area contributed by atoms with Gasteiger partial charge in [-0.1, -0.05) is 0 Å². The molecule has 19 heavy (non-hydrogen) atoms. The smallest absolute Gasteiger partial charge is 0.286 e. The Bertz CT molecular complexity index is 634. The second-order valence-corrected chi connectivity index (χ2v) is 3.69. The zero-order chi connectivity index (χ0) is 14.0. The number of carbonyl (C=O) groups is 1. The predicted octanol–water partition coefficient (Wildman–Crippen LogP) is 1.80. The lowest BCUT2D eigenvalue weighted by Gasteiger charge is -2.07. The Kier molecular flexibility index (Phi) is 3.19. The van der Waals surface area contributed by atoms with Crippen molar-refractivity contribution >= 4 is 11.6 Å². The Morgan fingerprint density at radius 3 is 2.53 bits per heavy atom. The van der Waals surface area contributed by atoms with Crippen LogP contribution in [0.3, 0.4) is 0 Å². The first-order chi connectivity index (χ1) is 9.04. The average molecular weight is 262 g/mol. The molecule has 0 saturated carbocycles. The molecular formula is C12H10N2O5. The van der Waals surface area contributed by atoms with Gasteiger partial charge in [-0.2, -0.15) is 0 Å². The SMILES string of the molecule is COc1cc(C(=O)n2cccc2)c([N+](=O)[O-])cc1O. The lowest BCUT2D eigenvalue weighted by Crippen LogP contribution is -2.12. The number of nitro groups is 1. The fraction of sp³-hybridized carbons (Fsp3) is 0.0833. The van der Waals surface area contributed by atoms with E-state index in [1.165, 1.54) is 24.1 Å². The molecule has 0 fully saturated rings. The molecule has 2 aromatic rings. The summed E-state index contributed by atoms with van der Waals surface area (Å²) in [6.07, 6.45) is 2.96. The second kappa shape index (κ2) is 4.81. The third kappa shape index (κ3) is 2.25. The third-order valence-corrected chi connectivity index (χ3v) is 2.56. The first-order valence-electron chi connectivity index (χ1n) is 5.27. The maximum Gasteiger partial charge on any atom is 0.286 e. The van der Waals surface area contributed by atoms with Crippen LogP contribution in [0.5, 0.6) is 11.5 Å². The summed E-state index contributed by atoms with van der Waals surface area (Å²) in [7, 11) is 1.30. The number of aromatic hydroxyl groups is 1. The molecule has 7 heteroatoms. The summed E-state index contributed by atoms with van der Waals surface area (Å²) in [6.45, 7) is 0. The van der Waals surface area contributed by atoms with Gasteiger partial charge in [-0.3, -0.25) is 19.5 Å². The first kappa shape index (κ1) is 12.6. The fourth-order valence-electron chi connectivity index (χ4n) is 1.65. The lowest BCUT2D eigenvalue weighted by atomic mass is 10.1. The number of ether oxygens (including phenoxy) is 1. The highest BCUT2D eigenvalue weighted by atomic mass is 16.6. The van der Waals surface area contributed by atoms with Gasteiger partial charge in [0.25, 0.3) is 11.6 Å². The highest BCUT2D eigenvalue weighted by Crippen LogP contribution is 2.33. The van der Waals surface area contributed by atoms with E-state index in [4.69, 9.17) is 4.74 Å². The van der Waals surface area contributed by atoms with Crippen LogP contribution in [0.15, 0.2) is 36.7 Å². The Balaban J connectivity index is 2.60. The predicted molar refractivity (Wildman–Crippen MR) is 65.5 cm³/mol. The van der Waals surface area contributed by atoms with E-state index < -0.39 is 22.3 Å². The molecule has 0 saturated heterocycles. The molecule has 7 nitrogen and oxygen atoms in total. The van der Waals surface area contributed by atoms with Gasteiger partial charge in [-0.15, -0.1) is 0 Å². The zero-order valence-corrected chi connectivity index (χ0v) is 9.94. The van der Waals surface area contributed by atoms with Crippen molar-refractivity contribution < 1.29 is 19.6 Å². The molecule has 0 aliphatic heterocycles. The number of nitrogens with zero attached hydrogens (tertiary/aromatic N) is 2. The Hall–Kier alpha value is -2.83. The maximum atomic E-state index is 12.1.